The van der Waals surface area contributed by atoms with Crippen LogP contribution in [0.4, 0.5) is 5.69 Å². The van der Waals surface area contributed by atoms with Crippen LogP contribution in [0.25, 0.3) is 0 Å². The van der Waals surface area contributed by atoms with Crippen LogP contribution in [0.1, 0.15) is 65.2 Å². The van der Waals surface area contributed by atoms with Crippen molar-refractivity contribution in [3.05, 3.63) is 51.7 Å². The van der Waals surface area contributed by atoms with E-state index in [4.69, 9.17) is 14.6 Å². The van der Waals surface area contributed by atoms with E-state index in [0.29, 0.717) is 23.4 Å². The molecule has 1 aromatic carbocycles. The first-order valence-corrected chi connectivity index (χ1v) is 14.0. The lowest BCUT2D eigenvalue weighted by atomic mass is 10.0. The quantitative estimate of drug-likeness (QED) is 0.312. The third-order valence-corrected chi connectivity index (χ3v) is 8.59. The molecule has 3 rings (SSSR count). The molecule has 0 bridgehead atoms. The normalized spacial score (nSPS) is 18.2. The molecule has 0 saturated carbocycles. The zero-order valence-corrected chi connectivity index (χ0v) is 21.0. The van der Waals surface area contributed by atoms with E-state index in [1.807, 2.05) is 0 Å². The van der Waals surface area contributed by atoms with Gasteiger partial charge in [0.05, 0.1) is 43.4 Å². The van der Waals surface area contributed by atoms with Crippen LogP contribution in [0.3, 0.4) is 0 Å². The number of anilines is 1. The molecule has 1 aliphatic heterocycles. The number of sulfonamides is 1. The Hall–Kier alpha value is -1.98. The van der Waals surface area contributed by atoms with E-state index in [0.717, 1.165) is 29.7 Å². The summed E-state index contributed by atoms with van der Waals surface area (Å²) in [4.78, 5) is 13.1. The summed E-state index contributed by atoms with van der Waals surface area (Å²) in [6.45, 7) is 2.32. The summed E-state index contributed by atoms with van der Waals surface area (Å²) in [5, 5.41) is 19.1. The molecule has 1 saturated heterocycles. The minimum Gasteiger partial charge on any atom is -0.459 e. The Kier molecular flexibility index (Phi) is 9.90. The summed E-state index contributed by atoms with van der Waals surface area (Å²) < 4.78 is 37.6. The second-order valence-corrected chi connectivity index (χ2v) is 11.4. The fourth-order valence-corrected chi connectivity index (χ4v) is 6.59. The first-order chi connectivity index (χ1) is 16.4. The number of esters is 1. The minimum absolute atomic E-state index is 0.0483. The molecule has 0 aliphatic carbocycles. The molecule has 2 N–H and O–H groups in total. The van der Waals surface area contributed by atoms with Crippen LogP contribution in [-0.2, 0) is 26.1 Å². The monoisotopic (exact) mass is 511 g/mol. The van der Waals surface area contributed by atoms with Gasteiger partial charge in [0.15, 0.2) is 0 Å². The zero-order chi connectivity index (χ0) is 24.6. The van der Waals surface area contributed by atoms with Gasteiger partial charge in [0.1, 0.15) is 11.5 Å². The van der Waals surface area contributed by atoms with E-state index >= 15 is 0 Å². The van der Waals surface area contributed by atoms with Crippen molar-refractivity contribution >= 4 is 33.0 Å². The second-order valence-electron chi connectivity index (χ2n) is 8.30. The van der Waals surface area contributed by atoms with Gasteiger partial charge in [-0.25, -0.2) is 13.2 Å². The van der Waals surface area contributed by atoms with E-state index in [2.05, 4.69) is 6.92 Å². The topological polar surface area (TPSA) is 113 Å². The molecule has 1 aliphatic rings. The Morgan fingerprint density at radius 2 is 1.97 bits per heavy atom. The molecule has 1 fully saturated rings. The summed E-state index contributed by atoms with van der Waals surface area (Å²) in [7, 11) is -3.44. The third-order valence-electron chi connectivity index (χ3n) is 5.70. The van der Waals surface area contributed by atoms with Gasteiger partial charge in [0.2, 0.25) is 10.0 Å². The van der Waals surface area contributed by atoms with Crippen LogP contribution in [0, 0.1) is 0 Å². The standard InChI is InChI=1S/C24H33NO7S2/c1-2-3-4-5-22(27)18-6-8-19(9-7-18)25-20(12-15-34(25,29)30)16-31-17-21-10-11-23(33-21)24(28)32-14-13-26/h6-11,20,22,26-27H,2-5,12-17H2,1H3. The maximum absolute atomic E-state index is 12.7. The predicted octanol–water partition coefficient (Wildman–Crippen LogP) is 3.64. The maximum Gasteiger partial charge on any atom is 0.348 e. The number of thiophene rings is 1. The summed E-state index contributed by atoms with van der Waals surface area (Å²) in [5.74, 6) is -0.431. The number of carbonyl (C=O) groups is 1. The Morgan fingerprint density at radius 3 is 2.68 bits per heavy atom. The molecule has 8 nitrogen and oxygen atoms in total. The average molecular weight is 512 g/mol. The van der Waals surface area contributed by atoms with Gasteiger partial charge >= 0.3 is 5.97 Å². The number of carbonyl (C=O) groups excluding carboxylic acids is 1. The number of benzene rings is 1. The highest BCUT2D eigenvalue weighted by atomic mass is 32.2. The Balaban J connectivity index is 1.58. The molecular weight excluding hydrogens is 478 g/mol. The maximum atomic E-state index is 12.7. The first-order valence-electron chi connectivity index (χ1n) is 11.6. The third kappa shape index (κ3) is 7.02. The van der Waals surface area contributed by atoms with Crippen molar-refractivity contribution in [2.45, 2.75) is 57.8 Å². The molecule has 34 heavy (non-hydrogen) atoms. The molecule has 2 heterocycles. The van der Waals surface area contributed by atoms with Crippen LogP contribution < -0.4 is 4.31 Å². The summed E-state index contributed by atoms with van der Waals surface area (Å²) >= 11 is 1.25. The van der Waals surface area contributed by atoms with Gasteiger partial charge in [0.25, 0.3) is 0 Å². The van der Waals surface area contributed by atoms with E-state index in [1.165, 1.54) is 15.6 Å². The van der Waals surface area contributed by atoms with E-state index < -0.39 is 22.1 Å². The van der Waals surface area contributed by atoms with Gasteiger partial charge in [-0.15, -0.1) is 11.3 Å². The van der Waals surface area contributed by atoms with Crippen molar-refractivity contribution in [2.75, 3.05) is 29.9 Å². The second kappa shape index (κ2) is 12.6. The number of aliphatic hydroxyl groups is 2. The lowest BCUT2D eigenvalue weighted by molar-refractivity contribution is 0.0439. The van der Waals surface area contributed by atoms with E-state index in [-0.39, 0.29) is 38.2 Å². The summed E-state index contributed by atoms with van der Waals surface area (Å²) in [5.41, 5.74) is 1.36. The SMILES string of the molecule is CCCCCC(O)c1ccc(N2C(COCc3ccc(C(=O)OCCO)s3)CCS2(=O)=O)cc1. The van der Waals surface area contributed by atoms with Gasteiger partial charge in [-0.2, -0.15) is 0 Å². The average Bonchev–Trinajstić information content (AvgIpc) is 3.41. The number of rotatable bonds is 13. The number of hydrogen-bond donors (Lipinski definition) is 2. The van der Waals surface area contributed by atoms with Gasteiger partial charge in [0, 0.05) is 4.88 Å². The lowest BCUT2D eigenvalue weighted by Gasteiger charge is -2.25. The molecule has 0 radical (unpaired) electrons. The van der Waals surface area contributed by atoms with Crippen molar-refractivity contribution < 1.29 is 32.9 Å². The first kappa shape index (κ1) is 26.6. The van der Waals surface area contributed by atoms with E-state index in [1.54, 1.807) is 36.4 Å². The molecular formula is C24H33NO7S2. The van der Waals surface area contributed by atoms with Gasteiger partial charge < -0.3 is 19.7 Å². The fraction of sp³-hybridized carbons (Fsp3) is 0.542. The highest BCUT2D eigenvalue weighted by Crippen LogP contribution is 2.31. The molecule has 10 heteroatoms. The van der Waals surface area contributed by atoms with Crippen LogP contribution in [0.15, 0.2) is 36.4 Å². The van der Waals surface area contributed by atoms with Crippen LogP contribution >= 0.6 is 11.3 Å². The highest BCUT2D eigenvalue weighted by Gasteiger charge is 2.37. The number of hydrogen-bond acceptors (Lipinski definition) is 8. The van der Waals surface area contributed by atoms with Crippen LogP contribution in [0.2, 0.25) is 0 Å². The van der Waals surface area contributed by atoms with Crippen molar-refractivity contribution in [1.29, 1.82) is 0 Å². The minimum atomic E-state index is -3.44. The fourth-order valence-electron chi connectivity index (χ4n) is 3.92. The zero-order valence-electron chi connectivity index (χ0n) is 19.4. The molecule has 1 aromatic heterocycles. The largest absolute Gasteiger partial charge is 0.459 e. The Morgan fingerprint density at radius 1 is 1.21 bits per heavy atom. The van der Waals surface area contributed by atoms with Crippen LogP contribution in [-0.4, -0.2) is 56.2 Å². The molecule has 2 unspecified atom stereocenters. The van der Waals surface area contributed by atoms with Gasteiger partial charge in [-0.05, 0) is 42.7 Å². The lowest BCUT2D eigenvalue weighted by Crippen LogP contribution is -2.36. The van der Waals surface area contributed by atoms with Crippen molar-refractivity contribution in [3.8, 4) is 0 Å². The van der Waals surface area contributed by atoms with Crippen molar-refractivity contribution in [3.63, 3.8) is 0 Å². The van der Waals surface area contributed by atoms with Gasteiger partial charge in [-0.1, -0.05) is 38.3 Å². The number of ether oxygens (including phenoxy) is 2. The molecule has 0 amide bonds. The number of unbranched alkanes of at least 4 members (excludes halogenated alkanes) is 2. The van der Waals surface area contributed by atoms with Crippen molar-refractivity contribution in [1.82, 2.24) is 0 Å². The van der Waals surface area contributed by atoms with E-state index in [9.17, 15) is 18.3 Å². The predicted molar refractivity (Wildman–Crippen MR) is 132 cm³/mol. The molecule has 0 spiro atoms. The smallest absolute Gasteiger partial charge is 0.348 e. The number of aliphatic hydroxyl groups excluding tert-OH is 2. The van der Waals surface area contributed by atoms with Crippen LogP contribution in [0.5, 0.6) is 0 Å². The molecule has 2 atom stereocenters. The summed E-state index contributed by atoms with van der Waals surface area (Å²) in [6.07, 6.45) is 3.72. The van der Waals surface area contributed by atoms with Gasteiger partial charge in [-0.3, -0.25) is 4.31 Å². The molecule has 188 valence electrons. The Bertz CT molecular complexity index is 1020. The Labute approximate surface area is 205 Å². The summed E-state index contributed by atoms with van der Waals surface area (Å²) in [6, 6.07) is 10.2. The van der Waals surface area contributed by atoms with Crippen molar-refractivity contribution in [2.24, 2.45) is 0 Å². The highest BCUT2D eigenvalue weighted by molar-refractivity contribution is 7.93. The molecule has 2 aromatic rings. The number of nitrogens with zero attached hydrogens (tertiary/aromatic N) is 1.